The normalized spacial score (nSPS) is 17.5. The van der Waals surface area contributed by atoms with E-state index in [2.05, 4.69) is 31.7 Å². The number of ether oxygens (including phenoxy) is 1. The van der Waals surface area contributed by atoms with Crippen molar-refractivity contribution in [2.45, 2.75) is 45.3 Å². The molecule has 1 unspecified atom stereocenters. The Morgan fingerprint density at radius 1 is 1.38 bits per heavy atom. The van der Waals surface area contributed by atoms with Crippen molar-refractivity contribution in [1.82, 2.24) is 4.90 Å². The monoisotopic (exact) mass is 400 g/mol. The molecule has 0 saturated carbocycles. The molecule has 0 bridgehead atoms. The van der Waals surface area contributed by atoms with Gasteiger partial charge in [-0.1, -0.05) is 11.6 Å². The highest BCUT2D eigenvalue weighted by Crippen LogP contribution is 2.45. The van der Waals surface area contributed by atoms with E-state index in [1.54, 1.807) is 13.0 Å². The van der Waals surface area contributed by atoms with E-state index in [4.69, 9.17) is 20.5 Å². The molecule has 1 aliphatic rings. The minimum atomic E-state index is -3.65. The molecule has 1 fully saturated rings. The topological polar surface area (TPSA) is 79.6 Å². The molecule has 1 saturated heterocycles. The van der Waals surface area contributed by atoms with E-state index in [0.29, 0.717) is 16.9 Å². The Hall–Kier alpha value is -1.33. The highest BCUT2D eigenvalue weighted by atomic mass is 35.5. The molecule has 1 aromatic carbocycles. The third kappa shape index (κ3) is 4.32. The number of nitriles is 1. The minimum Gasteiger partial charge on any atom is -0.496 e. The SMILES string of the molecule is COc1c(C(C)OS(C)(=O)=O)cc(Cl)c(C#N)c1C1CN(C(C)(C)C)C1. The van der Waals surface area contributed by atoms with Crippen molar-refractivity contribution in [3.63, 3.8) is 0 Å². The van der Waals surface area contributed by atoms with Gasteiger partial charge in [-0.3, -0.25) is 9.08 Å². The minimum absolute atomic E-state index is 0.0324. The number of hydrogen-bond acceptors (Lipinski definition) is 6. The predicted molar refractivity (Wildman–Crippen MR) is 101 cm³/mol. The second kappa shape index (κ2) is 7.35. The molecule has 0 amide bonds. The number of likely N-dealkylation sites (tertiary alicyclic amines) is 1. The van der Waals surface area contributed by atoms with Gasteiger partial charge in [-0.2, -0.15) is 13.7 Å². The van der Waals surface area contributed by atoms with Crippen LogP contribution in [-0.4, -0.2) is 45.3 Å². The fraction of sp³-hybridized carbons (Fsp3) is 0.611. The van der Waals surface area contributed by atoms with Gasteiger partial charge >= 0.3 is 0 Å². The smallest absolute Gasteiger partial charge is 0.264 e. The molecule has 26 heavy (non-hydrogen) atoms. The summed E-state index contributed by atoms with van der Waals surface area (Å²) in [6.45, 7) is 9.57. The molecule has 144 valence electrons. The van der Waals surface area contributed by atoms with Gasteiger partial charge in [0.15, 0.2) is 0 Å². The van der Waals surface area contributed by atoms with E-state index < -0.39 is 16.2 Å². The standard InChI is InChI=1S/C18H25ClN2O4S/c1-11(25-26(6,22)23)13-7-15(19)14(8-20)16(17(13)24-5)12-9-21(10-12)18(2,3)4/h7,11-12H,9-10H2,1-6H3. The van der Waals surface area contributed by atoms with Gasteiger partial charge in [0.1, 0.15) is 17.9 Å². The third-order valence-corrected chi connectivity index (χ3v) is 5.55. The fourth-order valence-corrected chi connectivity index (χ4v) is 4.12. The Morgan fingerprint density at radius 3 is 2.38 bits per heavy atom. The van der Waals surface area contributed by atoms with E-state index in [0.717, 1.165) is 24.9 Å². The van der Waals surface area contributed by atoms with Crippen LogP contribution in [0.1, 0.15) is 56.4 Å². The summed E-state index contributed by atoms with van der Waals surface area (Å²) in [5.41, 5.74) is 1.65. The molecule has 1 atom stereocenters. The zero-order valence-corrected chi connectivity index (χ0v) is 17.5. The van der Waals surface area contributed by atoms with Crippen molar-refractivity contribution in [3.8, 4) is 11.8 Å². The van der Waals surface area contributed by atoms with Gasteiger partial charge < -0.3 is 4.74 Å². The number of benzene rings is 1. The maximum atomic E-state index is 11.5. The Balaban J connectivity index is 2.51. The van der Waals surface area contributed by atoms with Crippen LogP contribution in [0.15, 0.2) is 6.07 Å². The van der Waals surface area contributed by atoms with Crippen LogP contribution in [0, 0.1) is 11.3 Å². The first kappa shape index (κ1) is 21.0. The molecular weight excluding hydrogens is 376 g/mol. The zero-order valence-electron chi connectivity index (χ0n) is 16.0. The lowest BCUT2D eigenvalue weighted by molar-refractivity contribution is 0.0459. The molecule has 6 nitrogen and oxygen atoms in total. The maximum Gasteiger partial charge on any atom is 0.264 e. The van der Waals surface area contributed by atoms with E-state index in [9.17, 15) is 13.7 Å². The number of hydrogen-bond donors (Lipinski definition) is 0. The van der Waals surface area contributed by atoms with Crippen LogP contribution >= 0.6 is 11.6 Å². The van der Waals surface area contributed by atoms with Gasteiger partial charge in [-0.05, 0) is 33.8 Å². The van der Waals surface area contributed by atoms with Gasteiger partial charge in [0, 0.05) is 35.7 Å². The number of nitrogens with zero attached hydrogens (tertiary/aromatic N) is 2. The second-order valence-electron chi connectivity index (χ2n) is 7.60. The van der Waals surface area contributed by atoms with Crippen molar-refractivity contribution in [3.05, 3.63) is 27.8 Å². The highest BCUT2D eigenvalue weighted by molar-refractivity contribution is 7.86. The van der Waals surface area contributed by atoms with Gasteiger partial charge in [-0.25, -0.2) is 0 Å². The lowest BCUT2D eigenvalue weighted by atomic mass is 9.83. The number of rotatable bonds is 5. The summed E-state index contributed by atoms with van der Waals surface area (Å²) >= 11 is 6.33. The van der Waals surface area contributed by atoms with Crippen LogP contribution in [0.25, 0.3) is 0 Å². The fourth-order valence-electron chi connectivity index (χ4n) is 3.23. The molecule has 1 aromatic rings. The summed E-state index contributed by atoms with van der Waals surface area (Å²) in [4.78, 5) is 2.30. The molecular formula is C18H25ClN2O4S. The summed E-state index contributed by atoms with van der Waals surface area (Å²) in [5.74, 6) is 0.558. The Bertz CT molecular complexity index is 834. The molecule has 8 heteroatoms. The zero-order chi connectivity index (χ0) is 19.9. The molecule has 0 spiro atoms. The summed E-state index contributed by atoms with van der Waals surface area (Å²) in [7, 11) is -2.14. The van der Waals surface area contributed by atoms with Crippen LogP contribution in [0.4, 0.5) is 0 Å². The number of methoxy groups -OCH3 is 1. The van der Waals surface area contributed by atoms with Crippen LogP contribution in [0.5, 0.6) is 5.75 Å². The van der Waals surface area contributed by atoms with Crippen molar-refractivity contribution in [1.29, 1.82) is 5.26 Å². The lowest BCUT2D eigenvalue weighted by Gasteiger charge is -2.48. The second-order valence-corrected chi connectivity index (χ2v) is 9.60. The quantitative estimate of drug-likeness (QED) is 0.704. The first-order chi connectivity index (χ1) is 11.9. The molecule has 1 heterocycles. The molecule has 0 aromatic heterocycles. The van der Waals surface area contributed by atoms with E-state index >= 15 is 0 Å². The molecule has 0 aliphatic carbocycles. The first-order valence-electron chi connectivity index (χ1n) is 8.32. The van der Waals surface area contributed by atoms with E-state index in [1.807, 2.05) is 0 Å². The van der Waals surface area contributed by atoms with E-state index in [1.165, 1.54) is 7.11 Å². The van der Waals surface area contributed by atoms with Crippen molar-refractivity contribution >= 4 is 21.7 Å². The van der Waals surface area contributed by atoms with Crippen molar-refractivity contribution in [2.24, 2.45) is 0 Å². The largest absolute Gasteiger partial charge is 0.496 e. The Labute approximate surface area is 160 Å². The molecule has 0 N–H and O–H groups in total. The predicted octanol–water partition coefficient (Wildman–Crippen LogP) is 3.46. The van der Waals surface area contributed by atoms with E-state index in [-0.39, 0.29) is 16.5 Å². The molecule has 1 aliphatic heterocycles. The van der Waals surface area contributed by atoms with Crippen LogP contribution in [-0.2, 0) is 14.3 Å². The summed E-state index contributed by atoms with van der Waals surface area (Å²) in [5, 5.41) is 9.87. The Kier molecular flexibility index (Phi) is 5.93. The molecule has 0 radical (unpaired) electrons. The first-order valence-corrected chi connectivity index (χ1v) is 10.5. The summed E-state index contributed by atoms with van der Waals surface area (Å²) < 4.78 is 33.7. The van der Waals surface area contributed by atoms with Gasteiger partial charge in [-0.15, -0.1) is 0 Å². The van der Waals surface area contributed by atoms with Gasteiger partial charge in [0.25, 0.3) is 10.1 Å². The van der Waals surface area contributed by atoms with Crippen molar-refractivity contribution in [2.75, 3.05) is 26.5 Å². The Morgan fingerprint density at radius 2 is 1.96 bits per heavy atom. The summed E-state index contributed by atoms with van der Waals surface area (Å²) in [6.07, 6.45) is 0.220. The van der Waals surface area contributed by atoms with Crippen LogP contribution in [0.2, 0.25) is 5.02 Å². The van der Waals surface area contributed by atoms with Crippen molar-refractivity contribution < 1.29 is 17.3 Å². The lowest BCUT2D eigenvalue weighted by Crippen LogP contribution is -2.54. The highest BCUT2D eigenvalue weighted by Gasteiger charge is 2.39. The maximum absolute atomic E-state index is 11.5. The molecule has 2 rings (SSSR count). The van der Waals surface area contributed by atoms with Gasteiger partial charge in [0.2, 0.25) is 0 Å². The number of halogens is 1. The van der Waals surface area contributed by atoms with Crippen LogP contribution in [0.3, 0.4) is 0 Å². The summed E-state index contributed by atoms with van der Waals surface area (Å²) in [6, 6.07) is 3.72. The average Bonchev–Trinajstić information content (AvgIpc) is 2.42. The third-order valence-electron chi connectivity index (χ3n) is 4.61. The van der Waals surface area contributed by atoms with Gasteiger partial charge in [0.05, 0.1) is 24.0 Å². The van der Waals surface area contributed by atoms with Crippen LogP contribution < -0.4 is 4.74 Å². The average molecular weight is 401 g/mol.